The van der Waals surface area contributed by atoms with Gasteiger partial charge in [0.05, 0.1) is 6.20 Å². The predicted molar refractivity (Wildman–Crippen MR) is 52.7 cm³/mol. The van der Waals surface area contributed by atoms with Gasteiger partial charge in [0.15, 0.2) is 0 Å². The average molecular weight is 200 g/mol. The van der Waals surface area contributed by atoms with Gasteiger partial charge in [0.2, 0.25) is 0 Å². The van der Waals surface area contributed by atoms with E-state index in [1.165, 1.54) is 0 Å². The molecule has 0 aliphatic heterocycles. The van der Waals surface area contributed by atoms with E-state index < -0.39 is 0 Å². The average Bonchev–Trinajstić information content (AvgIpc) is 2.39. The molecule has 1 aliphatic rings. The molecule has 2 atom stereocenters. The van der Waals surface area contributed by atoms with E-state index in [4.69, 9.17) is 17.3 Å². The summed E-state index contributed by atoms with van der Waals surface area (Å²) in [6, 6.07) is 0.213. The molecule has 3 nitrogen and oxygen atoms in total. The molecule has 0 aromatic carbocycles. The summed E-state index contributed by atoms with van der Waals surface area (Å²) in [4.78, 5) is 4.27. The highest BCUT2D eigenvalue weighted by Crippen LogP contribution is 2.56. The van der Waals surface area contributed by atoms with Gasteiger partial charge in [-0.15, -0.1) is 0 Å². The highest BCUT2D eigenvalue weighted by atomic mass is 35.5. The molecule has 0 spiro atoms. The van der Waals surface area contributed by atoms with Crippen molar-refractivity contribution in [2.75, 3.05) is 0 Å². The van der Waals surface area contributed by atoms with Crippen molar-refractivity contribution in [3.05, 3.63) is 17.2 Å². The van der Waals surface area contributed by atoms with Gasteiger partial charge in [-0.2, -0.15) is 0 Å². The highest BCUT2D eigenvalue weighted by Gasteiger charge is 2.58. The Morgan fingerprint density at radius 1 is 1.62 bits per heavy atom. The van der Waals surface area contributed by atoms with Crippen LogP contribution in [-0.2, 0) is 7.05 Å². The van der Waals surface area contributed by atoms with Crippen molar-refractivity contribution in [3.8, 4) is 0 Å². The lowest BCUT2D eigenvalue weighted by Crippen LogP contribution is -2.07. The number of rotatable bonds is 1. The molecular weight excluding hydrogens is 186 g/mol. The summed E-state index contributed by atoms with van der Waals surface area (Å²) >= 11 is 5.90. The van der Waals surface area contributed by atoms with E-state index in [2.05, 4.69) is 18.8 Å². The third-order valence-corrected chi connectivity index (χ3v) is 3.51. The lowest BCUT2D eigenvalue weighted by molar-refractivity contribution is 0.584. The Bertz CT molecular complexity index is 343. The van der Waals surface area contributed by atoms with E-state index in [0.717, 1.165) is 5.82 Å². The van der Waals surface area contributed by atoms with Crippen LogP contribution >= 0.6 is 11.6 Å². The van der Waals surface area contributed by atoms with Gasteiger partial charge in [-0.1, -0.05) is 25.4 Å². The van der Waals surface area contributed by atoms with E-state index in [1.807, 2.05) is 11.6 Å². The van der Waals surface area contributed by atoms with Crippen LogP contribution in [0.2, 0.25) is 5.15 Å². The van der Waals surface area contributed by atoms with Gasteiger partial charge >= 0.3 is 0 Å². The minimum atomic E-state index is 0.169. The molecule has 4 heteroatoms. The minimum absolute atomic E-state index is 0.169. The van der Waals surface area contributed by atoms with Gasteiger partial charge < -0.3 is 10.3 Å². The number of nitrogens with two attached hydrogens (primary N) is 1. The number of aromatic nitrogens is 2. The largest absolute Gasteiger partial charge is 0.327 e. The van der Waals surface area contributed by atoms with Crippen LogP contribution in [-0.4, -0.2) is 15.6 Å². The highest BCUT2D eigenvalue weighted by molar-refractivity contribution is 6.29. The molecule has 0 amide bonds. The Morgan fingerprint density at radius 2 is 2.15 bits per heavy atom. The van der Waals surface area contributed by atoms with Gasteiger partial charge in [0, 0.05) is 19.0 Å². The monoisotopic (exact) mass is 199 g/mol. The molecule has 1 heterocycles. The molecule has 1 aliphatic carbocycles. The van der Waals surface area contributed by atoms with Crippen LogP contribution < -0.4 is 5.73 Å². The number of hydrogen-bond donors (Lipinski definition) is 1. The maximum Gasteiger partial charge on any atom is 0.128 e. The predicted octanol–water partition coefficient (Wildman–Crippen LogP) is 1.52. The van der Waals surface area contributed by atoms with Crippen LogP contribution in [0.3, 0.4) is 0 Å². The standard InChI is InChI=1S/C9H14ClN3/c1-9(2)6(7(9)11)8-12-4-5(10)13(8)3/h4,6-7H,11H2,1-3H3. The van der Waals surface area contributed by atoms with E-state index >= 15 is 0 Å². The van der Waals surface area contributed by atoms with Crippen LogP contribution in [0.15, 0.2) is 6.20 Å². The van der Waals surface area contributed by atoms with Crippen molar-refractivity contribution < 1.29 is 0 Å². The topological polar surface area (TPSA) is 43.8 Å². The second kappa shape index (κ2) is 2.49. The first-order valence-electron chi connectivity index (χ1n) is 4.39. The van der Waals surface area contributed by atoms with Crippen LogP contribution in [0.25, 0.3) is 0 Å². The first kappa shape index (κ1) is 9.03. The van der Waals surface area contributed by atoms with E-state index in [1.54, 1.807) is 6.20 Å². The van der Waals surface area contributed by atoms with Crippen LogP contribution in [0, 0.1) is 5.41 Å². The lowest BCUT2D eigenvalue weighted by Gasteiger charge is -2.02. The summed E-state index contributed by atoms with van der Waals surface area (Å²) in [6.45, 7) is 4.32. The summed E-state index contributed by atoms with van der Waals surface area (Å²) in [7, 11) is 1.92. The van der Waals surface area contributed by atoms with Gasteiger partial charge in [0.25, 0.3) is 0 Å². The summed E-state index contributed by atoms with van der Waals surface area (Å²) in [5, 5.41) is 0.671. The zero-order valence-corrected chi connectivity index (χ0v) is 8.84. The molecule has 1 saturated carbocycles. The Hall–Kier alpha value is -0.540. The summed E-state index contributed by atoms with van der Waals surface area (Å²) in [5.74, 6) is 1.35. The Balaban J connectivity index is 2.34. The van der Waals surface area contributed by atoms with Crippen molar-refractivity contribution >= 4 is 11.6 Å². The molecule has 2 N–H and O–H groups in total. The molecule has 0 saturated heterocycles. The molecule has 0 radical (unpaired) electrons. The van der Waals surface area contributed by atoms with Crippen molar-refractivity contribution in [2.45, 2.75) is 25.8 Å². The fraction of sp³-hybridized carbons (Fsp3) is 0.667. The van der Waals surface area contributed by atoms with Crippen molar-refractivity contribution in [1.29, 1.82) is 0 Å². The van der Waals surface area contributed by atoms with Gasteiger partial charge in [-0.05, 0) is 5.41 Å². The van der Waals surface area contributed by atoms with Gasteiger partial charge in [0.1, 0.15) is 11.0 Å². The quantitative estimate of drug-likeness (QED) is 0.746. The second-order valence-electron chi connectivity index (χ2n) is 4.32. The van der Waals surface area contributed by atoms with Crippen LogP contribution in [0.4, 0.5) is 0 Å². The molecule has 2 unspecified atom stereocenters. The van der Waals surface area contributed by atoms with Crippen LogP contribution in [0.1, 0.15) is 25.6 Å². The van der Waals surface area contributed by atoms with E-state index in [9.17, 15) is 0 Å². The van der Waals surface area contributed by atoms with E-state index in [-0.39, 0.29) is 11.5 Å². The smallest absolute Gasteiger partial charge is 0.128 e. The normalized spacial score (nSPS) is 30.5. The molecule has 13 heavy (non-hydrogen) atoms. The summed E-state index contributed by atoms with van der Waals surface area (Å²) in [5.41, 5.74) is 6.13. The lowest BCUT2D eigenvalue weighted by atomic mass is 10.1. The molecule has 2 rings (SSSR count). The molecule has 1 fully saturated rings. The minimum Gasteiger partial charge on any atom is -0.327 e. The zero-order valence-electron chi connectivity index (χ0n) is 8.08. The van der Waals surface area contributed by atoms with Crippen molar-refractivity contribution in [2.24, 2.45) is 18.2 Å². The van der Waals surface area contributed by atoms with Crippen molar-refractivity contribution in [1.82, 2.24) is 9.55 Å². The first-order chi connectivity index (χ1) is 5.96. The molecular formula is C9H14ClN3. The number of hydrogen-bond acceptors (Lipinski definition) is 2. The Kier molecular flexibility index (Phi) is 1.73. The maximum atomic E-state index is 5.96. The van der Waals surface area contributed by atoms with Crippen molar-refractivity contribution in [3.63, 3.8) is 0 Å². The fourth-order valence-corrected chi connectivity index (χ4v) is 2.00. The molecule has 1 aromatic rings. The fourth-order valence-electron chi connectivity index (χ4n) is 1.86. The Morgan fingerprint density at radius 3 is 2.46 bits per heavy atom. The third kappa shape index (κ3) is 1.11. The second-order valence-corrected chi connectivity index (χ2v) is 4.71. The maximum absolute atomic E-state index is 5.96. The van der Waals surface area contributed by atoms with E-state index in [0.29, 0.717) is 11.1 Å². The molecule has 72 valence electrons. The Labute approximate surface area is 82.9 Å². The summed E-state index contributed by atoms with van der Waals surface area (Å²) < 4.78 is 1.90. The molecule has 1 aromatic heterocycles. The van der Waals surface area contributed by atoms with Gasteiger partial charge in [-0.25, -0.2) is 4.98 Å². The molecule has 0 bridgehead atoms. The SMILES string of the molecule is Cn1c(Cl)cnc1C1C(N)C1(C)C. The number of halogens is 1. The van der Waals surface area contributed by atoms with Gasteiger partial charge in [-0.3, -0.25) is 0 Å². The number of imidazole rings is 1. The van der Waals surface area contributed by atoms with Crippen LogP contribution in [0.5, 0.6) is 0 Å². The first-order valence-corrected chi connectivity index (χ1v) is 4.76. The summed E-state index contributed by atoms with van der Waals surface area (Å²) in [6.07, 6.45) is 1.68. The third-order valence-electron chi connectivity index (χ3n) is 3.16. The number of nitrogens with zero attached hydrogens (tertiary/aromatic N) is 2. The zero-order chi connectivity index (χ0) is 9.80.